The van der Waals surface area contributed by atoms with Gasteiger partial charge in [0.05, 0.1) is 6.54 Å². The Kier molecular flexibility index (Phi) is 7.02. The Bertz CT molecular complexity index is 689. The largest absolute Gasteiger partial charge is 0.339 e. The normalized spacial score (nSPS) is 15.3. The number of amides is 1. The Balaban J connectivity index is 0.00000288. The number of rotatable bonds is 4. The van der Waals surface area contributed by atoms with E-state index in [2.05, 4.69) is 5.32 Å². The van der Waals surface area contributed by atoms with Gasteiger partial charge in [-0.3, -0.25) is 4.79 Å². The van der Waals surface area contributed by atoms with E-state index in [0.29, 0.717) is 30.5 Å². The molecule has 0 atom stereocenters. The zero-order chi connectivity index (χ0) is 17.2. The molecule has 1 amide bonds. The molecule has 24 heavy (non-hydrogen) atoms. The Labute approximate surface area is 144 Å². The standard InChI is InChI=1S/C13H16F3N3O3S.ClH/c1-18(8-12(20)19-4-2-17-3-5-19)23(21,22)13-10(15)6-9(14)7-11(13)16;/h6-7,17H,2-5,8H2,1H3;1H. The maximum absolute atomic E-state index is 13.7. The molecule has 1 fully saturated rings. The van der Waals surface area contributed by atoms with Crippen LogP contribution >= 0.6 is 12.4 Å². The predicted molar refractivity (Wildman–Crippen MR) is 82.8 cm³/mol. The highest BCUT2D eigenvalue weighted by atomic mass is 35.5. The maximum atomic E-state index is 13.7. The van der Waals surface area contributed by atoms with Gasteiger partial charge in [-0.1, -0.05) is 0 Å². The van der Waals surface area contributed by atoms with Crippen LogP contribution < -0.4 is 5.32 Å². The van der Waals surface area contributed by atoms with Crippen molar-refractivity contribution in [1.29, 1.82) is 0 Å². The highest BCUT2D eigenvalue weighted by molar-refractivity contribution is 7.89. The number of carbonyl (C=O) groups is 1. The molecule has 1 saturated heterocycles. The van der Waals surface area contributed by atoms with Crippen LogP contribution in [0, 0.1) is 17.5 Å². The van der Waals surface area contributed by atoms with Crippen LogP contribution in [-0.4, -0.2) is 63.3 Å². The first-order valence-electron chi connectivity index (χ1n) is 6.83. The van der Waals surface area contributed by atoms with E-state index in [1.54, 1.807) is 0 Å². The number of carbonyl (C=O) groups excluding carboxylic acids is 1. The lowest BCUT2D eigenvalue weighted by Crippen LogP contribution is -2.49. The average Bonchev–Trinajstić information content (AvgIpc) is 2.46. The van der Waals surface area contributed by atoms with Crippen molar-refractivity contribution in [2.75, 3.05) is 39.8 Å². The number of nitrogens with zero attached hydrogens (tertiary/aromatic N) is 2. The average molecular weight is 388 g/mol. The molecule has 0 bridgehead atoms. The summed E-state index contributed by atoms with van der Waals surface area (Å²) in [5, 5.41) is 3.04. The third kappa shape index (κ3) is 4.38. The molecule has 11 heteroatoms. The first kappa shape index (κ1) is 20.7. The van der Waals surface area contributed by atoms with Crippen LogP contribution in [0.3, 0.4) is 0 Å². The van der Waals surface area contributed by atoms with Gasteiger partial charge in [0.1, 0.15) is 17.5 Å². The smallest absolute Gasteiger partial charge is 0.249 e. The second-order valence-corrected chi connectivity index (χ2v) is 7.07. The van der Waals surface area contributed by atoms with E-state index in [9.17, 15) is 26.4 Å². The number of piperazine rings is 1. The van der Waals surface area contributed by atoms with Gasteiger partial charge >= 0.3 is 0 Å². The molecule has 0 aromatic heterocycles. The summed E-state index contributed by atoms with van der Waals surface area (Å²) in [6, 6.07) is 0.559. The molecule has 1 heterocycles. The van der Waals surface area contributed by atoms with Crippen molar-refractivity contribution in [2.24, 2.45) is 0 Å². The molecule has 1 aliphatic heterocycles. The summed E-state index contributed by atoms with van der Waals surface area (Å²) in [6.07, 6.45) is 0. The molecular weight excluding hydrogens is 371 g/mol. The summed E-state index contributed by atoms with van der Waals surface area (Å²) in [5.74, 6) is -4.77. The Morgan fingerprint density at radius 2 is 1.71 bits per heavy atom. The van der Waals surface area contributed by atoms with E-state index in [-0.39, 0.29) is 24.5 Å². The van der Waals surface area contributed by atoms with E-state index < -0.39 is 44.8 Å². The molecule has 0 radical (unpaired) electrons. The molecule has 1 aromatic carbocycles. The molecule has 0 unspecified atom stereocenters. The second-order valence-electron chi connectivity index (χ2n) is 5.09. The molecule has 1 N–H and O–H groups in total. The molecule has 1 aliphatic rings. The van der Waals surface area contributed by atoms with Gasteiger partial charge in [-0.15, -0.1) is 12.4 Å². The van der Waals surface area contributed by atoms with Gasteiger partial charge in [-0.05, 0) is 0 Å². The van der Waals surface area contributed by atoms with E-state index >= 15 is 0 Å². The number of hydrogen-bond acceptors (Lipinski definition) is 4. The lowest BCUT2D eigenvalue weighted by molar-refractivity contribution is -0.131. The summed E-state index contributed by atoms with van der Waals surface area (Å²) in [7, 11) is -3.56. The molecular formula is C13H17ClF3N3O3S. The fraction of sp³-hybridized carbons (Fsp3) is 0.462. The van der Waals surface area contributed by atoms with Gasteiger partial charge in [-0.25, -0.2) is 21.6 Å². The molecule has 1 aromatic rings. The molecule has 2 rings (SSSR count). The molecule has 6 nitrogen and oxygen atoms in total. The number of benzene rings is 1. The third-order valence-electron chi connectivity index (χ3n) is 3.46. The van der Waals surface area contributed by atoms with Crippen LogP contribution in [0.2, 0.25) is 0 Å². The minimum Gasteiger partial charge on any atom is -0.339 e. The number of sulfonamides is 1. The Hall–Kier alpha value is -1.36. The quantitative estimate of drug-likeness (QED) is 0.820. The summed E-state index contributed by atoms with van der Waals surface area (Å²) >= 11 is 0. The topological polar surface area (TPSA) is 69.7 Å². The van der Waals surface area contributed by atoms with Crippen LogP contribution in [0.4, 0.5) is 13.2 Å². The lowest BCUT2D eigenvalue weighted by Gasteiger charge is -2.29. The molecule has 0 aliphatic carbocycles. The zero-order valence-electron chi connectivity index (χ0n) is 12.8. The van der Waals surface area contributed by atoms with Gasteiger partial charge in [-0.2, -0.15) is 4.31 Å². The minimum atomic E-state index is -4.60. The minimum absolute atomic E-state index is 0. The summed E-state index contributed by atoms with van der Waals surface area (Å²) in [4.78, 5) is 12.2. The van der Waals surface area contributed by atoms with Gasteiger partial charge in [0.15, 0.2) is 4.90 Å². The van der Waals surface area contributed by atoms with Crippen molar-refractivity contribution in [3.05, 3.63) is 29.6 Å². The number of likely N-dealkylation sites (N-methyl/N-ethyl adjacent to an activating group) is 1. The monoisotopic (exact) mass is 387 g/mol. The highest BCUT2D eigenvalue weighted by Crippen LogP contribution is 2.23. The first-order valence-corrected chi connectivity index (χ1v) is 8.27. The maximum Gasteiger partial charge on any atom is 0.249 e. The van der Waals surface area contributed by atoms with E-state index in [4.69, 9.17) is 0 Å². The number of halogens is 4. The van der Waals surface area contributed by atoms with Crippen molar-refractivity contribution in [2.45, 2.75) is 4.90 Å². The van der Waals surface area contributed by atoms with Crippen LogP contribution in [0.1, 0.15) is 0 Å². The zero-order valence-corrected chi connectivity index (χ0v) is 14.4. The summed E-state index contributed by atoms with van der Waals surface area (Å²) in [5.41, 5.74) is 0. The molecule has 136 valence electrons. The van der Waals surface area contributed by atoms with Crippen molar-refractivity contribution >= 4 is 28.3 Å². The third-order valence-corrected chi connectivity index (χ3v) is 5.31. The van der Waals surface area contributed by atoms with Gasteiger partial charge in [0, 0.05) is 45.4 Å². The van der Waals surface area contributed by atoms with Crippen LogP contribution in [-0.2, 0) is 14.8 Å². The van der Waals surface area contributed by atoms with Crippen LogP contribution in [0.25, 0.3) is 0 Å². The van der Waals surface area contributed by atoms with Crippen LogP contribution in [0.15, 0.2) is 17.0 Å². The summed E-state index contributed by atoms with van der Waals surface area (Å²) < 4.78 is 65.3. The Morgan fingerprint density at radius 1 is 1.21 bits per heavy atom. The second kappa shape index (κ2) is 8.15. The van der Waals surface area contributed by atoms with Crippen LogP contribution in [0.5, 0.6) is 0 Å². The van der Waals surface area contributed by atoms with Crippen molar-refractivity contribution in [1.82, 2.24) is 14.5 Å². The van der Waals surface area contributed by atoms with E-state index in [1.807, 2.05) is 0 Å². The van der Waals surface area contributed by atoms with Gasteiger partial charge in [0.25, 0.3) is 0 Å². The predicted octanol–water partition coefficient (Wildman–Crippen LogP) is 0.578. The fourth-order valence-electron chi connectivity index (χ4n) is 2.22. The van der Waals surface area contributed by atoms with Gasteiger partial charge in [0.2, 0.25) is 15.9 Å². The first-order chi connectivity index (χ1) is 10.7. The van der Waals surface area contributed by atoms with E-state index in [1.165, 1.54) is 4.90 Å². The lowest BCUT2D eigenvalue weighted by atomic mass is 10.3. The fourth-order valence-corrected chi connectivity index (χ4v) is 3.42. The molecule has 0 saturated carbocycles. The SMILES string of the molecule is CN(CC(=O)N1CCNCC1)S(=O)(=O)c1c(F)cc(F)cc1F.Cl. The number of hydrogen-bond donors (Lipinski definition) is 1. The van der Waals surface area contributed by atoms with Gasteiger partial charge < -0.3 is 10.2 Å². The Morgan fingerprint density at radius 3 is 2.21 bits per heavy atom. The number of nitrogens with one attached hydrogen (secondary N) is 1. The molecule has 0 spiro atoms. The van der Waals surface area contributed by atoms with E-state index in [0.717, 1.165) is 7.05 Å². The highest BCUT2D eigenvalue weighted by Gasteiger charge is 2.31. The van der Waals surface area contributed by atoms with Crippen molar-refractivity contribution < 1.29 is 26.4 Å². The summed E-state index contributed by atoms with van der Waals surface area (Å²) in [6.45, 7) is 1.46. The van der Waals surface area contributed by atoms with Crippen molar-refractivity contribution in [3.63, 3.8) is 0 Å². The van der Waals surface area contributed by atoms with Crippen molar-refractivity contribution in [3.8, 4) is 0 Å².